The molecule has 164 valence electrons. The molecular weight excluding hydrogens is 394 g/mol. The monoisotopic (exact) mass is 423 g/mol. The Morgan fingerprint density at radius 2 is 1.55 bits per heavy atom. The Kier molecular flexibility index (Phi) is 5.87. The molecule has 2 aliphatic rings. The maximum atomic E-state index is 13.4. The fraction of sp³-hybridized carbons (Fsp3) is 0.417. The quantitative estimate of drug-likeness (QED) is 0.668. The van der Waals surface area contributed by atoms with Crippen LogP contribution in [0.2, 0.25) is 0 Å². The van der Waals surface area contributed by atoms with Crippen LogP contribution in [0.5, 0.6) is 11.5 Å². The number of ether oxygens (including phenoxy) is 2. The maximum absolute atomic E-state index is 13.4. The van der Waals surface area contributed by atoms with Crippen molar-refractivity contribution in [3.05, 3.63) is 59.7 Å². The molecule has 0 aromatic heterocycles. The summed E-state index contributed by atoms with van der Waals surface area (Å²) in [5.74, 6) is 1.51. The van der Waals surface area contributed by atoms with Crippen molar-refractivity contribution >= 4 is 11.9 Å². The normalized spacial score (nSPS) is 18.7. The first-order chi connectivity index (χ1) is 15.0. The summed E-state index contributed by atoms with van der Waals surface area (Å²) in [5, 5.41) is 0. The Morgan fingerprint density at radius 1 is 0.871 bits per heavy atom. The summed E-state index contributed by atoms with van der Waals surface area (Å²) < 4.78 is 10.5. The van der Waals surface area contributed by atoms with Gasteiger partial charge in [-0.1, -0.05) is 24.3 Å². The van der Waals surface area contributed by atoms with Crippen LogP contribution in [0.1, 0.15) is 24.0 Å². The Balaban J connectivity index is 1.43. The van der Waals surface area contributed by atoms with Gasteiger partial charge in [0, 0.05) is 26.7 Å². The first-order valence-electron chi connectivity index (χ1n) is 10.5. The number of imide groups is 1. The number of carbonyl (C=O) groups excluding carboxylic acids is 2. The Bertz CT molecular complexity index is 952. The SMILES string of the molecule is COc1ccc(CN2C(=O)N(C)C3(CCN(Cc4cccc(OC)c4)CC3)C2=O)cc1. The molecule has 2 heterocycles. The summed E-state index contributed by atoms with van der Waals surface area (Å²) in [6.07, 6.45) is 1.27. The van der Waals surface area contributed by atoms with Crippen LogP contribution in [0.4, 0.5) is 4.79 Å². The fourth-order valence-electron chi connectivity index (χ4n) is 4.56. The summed E-state index contributed by atoms with van der Waals surface area (Å²) in [7, 11) is 5.04. The van der Waals surface area contributed by atoms with Crippen LogP contribution in [0.3, 0.4) is 0 Å². The van der Waals surface area contributed by atoms with Gasteiger partial charge < -0.3 is 14.4 Å². The second-order valence-electron chi connectivity index (χ2n) is 8.24. The molecule has 31 heavy (non-hydrogen) atoms. The molecule has 0 aliphatic carbocycles. The molecule has 7 nitrogen and oxygen atoms in total. The highest BCUT2D eigenvalue weighted by Crippen LogP contribution is 2.37. The number of nitrogens with zero attached hydrogens (tertiary/aromatic N) is 3. The van der Waals surface area contributed by atoms with E-state index in [1.54, 1.807) is 26.2 Å². The number of carbonyl (C=O) groups is 2. The predicted molar refractivity (Wildman–Crippen MR) is 117 cm³/mol. The Morgan fingerprint density at radius 3 is 2.19 bits per heavy atom. The zero-order chi connectivity index (χ0) is 22.0. The molecule has 0 saturated carbocycles. The average molecular weight is 424 g/mol. The van der Waals surface area contributed by atoms with E-state index in [1.807, 2.05) is 42.5 Å². The van der Waals surface area contributed by atoms with Crippen LogP contribution in [-0.2, 0) is 17.9 Å². The van der Waals surface area contributed by atoms with Crippen molar-refractivity contribution < 1.29 is 19.1 Å². The molecule has 0 bridgehead atoms. The van der Waals surface area contributed by atoms with E-state index in [-0.39, 0.29) is 18.5 Å². The van der Waals surface area contributed by atoms with Gasteiger partial charge in [-0.3, -0.25) is 14.6 Å². The zero-order valence-corrected chi connectivity index (χ0v) is 18.3. The number of amides is 3. The largest absolute Gasteiger partial charge is 0.497 e. The minimum Gasteiger partial charge on any atom is -0.497 e. The van der Waals surface area contributed by atoms with Gasteiger partial charge in [-0.15, -0.1) is 0 Å². The van der Waals surface area contributed by atoms with Gasteiger partial charge >= 0.3 is 6.03 Å². The first kappa shape index (κ1) is 21.2. The molecule has 7 heteroatoms. The van der Waals surface area contributed by atoms with Crippen molar-refractivity contribution in [2.45, 2.75) is 31.5 Å². The van der Waals surface area contributed by atoms with Gasteiger partial charge in [-0.05, 0) is 48.2 Å². The predicted octanol–water partition coefficient (Wildman–Crippen LogP) is 3.13. The molecule has 0 N–H and O–H groups in total. The summed E-state index contributed by atoms with van der Waals surface area (Å²) in [4.78, 5) is 31.7. The molecule has 0 unspecified atom stereocenters. The Hall–Kier alpha value is -3.06. The number of piperidine rings is 1. The molecular formula is C24H29N3O4. The number of hydrogen-bond donors (Lipinski definition) is 0. The van der Waals surface area contributed by atoms with Crippen molar-refractivity contribution in [2.75, 3.05) is 34.4 Å². The molecule has 2 aliphatic heterocycles. The summed E-state index contributed by atoms with van der Waals surface area (Å²) >= 11 is 0. The lowest BCUT2D eigenvalue weighted by atomic mass is 9.86. The van der Waals surface area contributed by atoms with Crippen LogP contribution in [-0.4, -0.2) is 66.5 Å². The summed E-state index contributed by atoms with van der Waals surface area (Å²) in [6, 6.07) is 15.3. The van der Waals surface area contributed by atoms with Crippen LogP contribution in [0.25, 0.3) is 0 Å². The minimum absolute atomic E-state index is 0.0863. The van der Waals surface area contributed by atoms with Gasteiger partial charge in [-0.2, -0.15) is 0 Å². The van der Waals surface area contributed by atoms with Gasteiger partial charge in [0.2, 0.25) is 0 Å². The van der Waals surface area contributed by atoms with Gasteiger partial charge in [0.15, 0.2) is 0 Å². The number of likely N-dealkylation sites (tertiary alicyclic amines) is 1. The molecule has 0 atom stereocenters. The van der Waals surface area contributed by atoms with E-state index in [2.05, 4.69) is 11.0 Å². The van der Waals surface area contributed by atoms with Crippen molar-refractivity contribution in [3.63, 3.8) is 0 Å². The van der Waals surface area contributed by atoms with E-state index in [0.717, 1.165) is 36.7 Å². The molecule has 2 aromatic rings. The van der Waals surface area contributed by atoms with Crippen molar-refractivity contribution in [1.82, 2.24) is 14.7 Å². The number of rotatable bonds is 6. The van der Waals surface area contributed by atoms with Gasteiger partial charge in [0.25, 0.3) is 5.91 Å². The van der Waals surface area contributed by atoms with Crippen molar-refractivity contribution in [3.8, 4) is 11.5 Å². The van der Waals surface area contributed by atoms with Crippen LogP contribution in [0, 0.1) is 0 Å². The lowest BCUT2D eigenvalue weighted by Gasteiger charge is -2.40. The second kappa shape index (κ2) is 8.59. The summed E-state index contributed by atoms with van der Waals surface area (Å²) in [5.41, 5.74) is 1.34. The van der Waals surface area contributed by atoms with E-state index >= 15 is 0 Å². The number of benzene rings is 2. The highest BCUT2D eigenvalue weighted by Gasteiger charge is 2.56. The lowest BCUT2D eigenvalue weighted by molar-refractivity contribution is -0.135. The van der Waals surface area contributed by atoms with Gasteiger partial charge in [0.1, 0.15) is 17.0 Å². The standard InChI is InChI=1S/C24H29N3O4/c1-25-23(29)27(17-18-7-9-20(30-2)10-8-18)22(28)24(25)11-13-26(14-12-24)16-19-5-4-6-21(15-19)31-3/h4-10,15H,11-14,16-17H2,1-3H3. The molecule has 2 fully saturated rings. The van der Waals surface area contributed by atoms with E-state index in [9.17, 15) is 9.59 Å². The third-order valence-electron chi connectivity index (χ3n) is 6.53. The number of hydrogen-bond acceptors (Lipinski definition) is 5. The van der Waals surface area contributed by atoms with E-state index < -0.39 is 5.54 Å². The molecule has 4 rings (SSSR count). The van der Waals surface area contributed by atoms with E-state index in [4.69, 9.17) is 9.47 Å². The maximum Gasteiger partial charge on any atom is 0.327 e. The van der Waals surface area contributed by atoms with Crippen LogP contribution in [0.15, 0.2) is 48.5 Å². The number of likely N-dealkylation sites (N-methyl/N-ethyl adjacent to an activating group) is 1. The Labute approximate surface area is 183 Å². The second-order valence-corrected chi connectivity index (χ2v) is 8.24. The van der Waals surface area contributed by atoms with Crippen molar-refractivity contribution in [2.24, 2.45) is 0 Å². The highest BCUT2D eigenvalue weighted by atomic mass is 16.5. The van der Waals surface area contributed by atoms with Crippen molar-refractivity contribution in [1.29, 1.82) is 0 Å². The third-order valence-corrected chi connectivity index (χ3v) is 6.53. The molecule has 2 aromatic carbocycles. The highest BCUT2D eigenvalue weighted by molar-refractivity contribution is 6.06. The topological polar surface area (TPSA) is 62.3 Å². The zero-order valence-electron chi connectivity index (χ0n) is 18.3. The number of methoxy groups -OCH3 is 2. The average Bonchev–Trinajstić information content (AvgIpc) is 2.97. The molecule has 3 amide bonds. The van der Waals surface area contributed by atoms with E-state index in [1.165, 1.54) is 10.5 Å². The van der Waals surface area contributed by atoms with Gasteiger partial charge in [-0.25, -0.2) is 4.79 Å². The fourth-order valence-corrected chi connectivity index (χ4v) is 4.56. The molecule has 1 spiro atoms. The third kappa shape index (κ3) is 3.97. The molecule has 2 saturated heterocycles. The lowest BCUT2D eigenvalue weighted by Crippen LogP contribution is -2.55. The first-order valence-corrected chi connectivity index (χ1v) is 10.5. The minimum atomic E-state index is -0.742. The van der Waals surface area contributed by atoms with E-state index in [0.29, 0.717) is 12.8 Å². The number of urea groups is 1. The molecule has 0 radical (unpaired) electrons. The smallest absolute Gasteiger partial charge is 0.327 e. The van der Waals surface area contributed by atoms with Gasteiger partial charge in [0.05, 0.1) is 20.8 Å². The van der Waals surface area contributed by atoms with Crippen LogP contribution < -0.4 is 9.47 Å². The summed E-state index contributed by atoms with van der Waals surface area (Å²) in [6.45, 7) is 2.60. The van der Waals surface area contributed by atoms with Crippen LogP contribution >= 0.6 is 0 Å².